The number of hydrogen-bond acceptors (Lipinski definition) is 3. The first kappa shape index (κ1) is 19.4. The predicted molar refractivity (Wildman–Crippen MR) is 115 cm³/mol. The van der Waals surface area contributed by atoms with Crippen LogP contribution in [-0.4, -0.2) is 29.9 Å². The van der Waals surface area contributed by atoms with Crippen LogP contribution in [0.15, 0.2) is 60.8 Å². The van der Waals surface area contributed by atoms with Crippen molar-refractivity contribution in [1.82, 2.24) is 10.3 Å². The van der Waals surface area contributed by atoms with E-state index in [2.05, 4.69) is 10.3 Å². The van der Waals surface area contributed by atoms with Crippen molar-refractivity contribution < 1.29 is 9.59 Å². The van der Waals surface area contributed by atoms with Gasteiger partial charge in [0.15, 0.2) is 0 Å². The average Bonchev–Trinajstić information content (AvgIpc) is 2.80. The van der Waals surface area contributed by atoms with Crippen LogP contribution in [0.5, 0.6) is 0 Å². The van der Waals surface area contributed by atoms with E-state index in [4.69, 9.17) is 23.2 Å². The zero-order valence-electron chi connectivity index (χ0n) is 15.5. The molecule has 1 aliphatic heterocycles. The zero-order chi connectivity index (χ0) is 20.5. The Morgan fingerprint density at radius 2 is 1.72 bits per heavy atom. The molecule has 2 amide bonds. The summed E-state index contributed by atoms with van der Waals surface area (Å²) in [6.07, 6.45) is 2.10. The number of anilines is 1. The lowest BCUT2D eigenvalue weighted by molar-refractivity contribution is -0.120. The van der Waals surface area contributed by atoms with Crippen LogP contribution in [0.1, 0.15) is 15.9 Å². The summed E-state index contributed by atoms with van der Waals surface area (Å²) < 4.78 is 0. The Kier molecular flexibility index (Phi) is 5.26. The van der Waals surface area contributed by atoms with Crippen LogP contribution >= 0.6 is 23.2 Å². The van der Waals surface area contributed by atoms with Gasteiger partial charge in [0.05, 0.1) is 11.3 Å². The Morgan fingerprint density at radius 1 is 1.00 bits per heavy atom. The lowest BCUT2D eigenvalue weighted by Gasteiger charge is -2.21. The molecule has 1 unspecified atom stereocenters. The number of carbonyl (C=O) groups excluding carboxylic acids is 2. The van der Waals surface area contributed by atoms with Crippen LogP contribution in [0.4, 0.5) is 5.69 Å². The van der Waals surface area contributed by atoms with Crippen molar-refractivity contribution in [3.05, 3.63) is 82.1 Å². The van der Waals surface area contributed by atoms with Crippen LogP contribution in [0.3, 0.4) is 0 Å². The van der Waals surface area contributed by atoms with Crippen LogP contribution < -0.4 is 10.2 Å². The van der Waals surface area contributed by atoms with Crippen LogP contribution in [-0.2, 0) is 11.2 Å². The van der Waals surface area contributed by atoms with Gasteiger partial charge in [-0.25, -0.2) is 4.98 Å². The van der Waals surface area contributed by atoms with Crippen molar-refractivity contribution in [3.63, 3.8) is 0 Å². The van der Waals surface area contributed by atoms with Crippen molar-refractivity contribution in [3.8, 4) is 11.1 Å². The highest BCUT2D eigenvalue weighted by Gasteiger charge is 2.31. The highest BCUT2D eigenvalue weighted by molar-refractivity contribution is 6.31. The van der Waals surface area contributed by atoms with Gasteiger partial charge >= 0.3 is 0 Å². The zero-order valence-corrected chi connectivity index (χ0v) is 17.0. The fourth-order valence-electron chi connectivity index (χ4n) is 3.39. The van der Waals surface area contributed by atoms with E-state index in [1.165, 1.54) is 4.90 Å². The van der Waals surface area contributed by atoms with E-state index < -0.39 is 6.04 Å². The van der Waals surface area contributed by atoms with E-state index in [-0.39, 0.29) is 11.8 Å². The fourth-order valence-corrected chi connectivity index (χ4v) is 3.67. The molecule has 0 saturated carbocycles. The Bertz CT molecular complexity index is 1080. The van der Waals surface area contributed by atoms with Gasteiger partial charge in [-0.1, -0.05) is 47.5 Å². The number of nitrogens with zero attached hydrogens (tertiary/aromatic N) is 2. The molecule has 1 atom stereocenters. The number of pyridine rings is 1. The quantitative estimate of drug-likeness (QED) is 0.633. The number of amides is 2. The Hall–Kier alpha value is -2.89. The van der Waals surface area contributed by atoms with E-state index >= 15 is 0 Å². The van der Waals surface area contributed by atoms with E-state index in [0.717, 1.165) is 16.7 Å². The Morgan fingerprint density at radius 3 is 2.41 bits per heavy atom. The highest BCUT2D eigenvalue weighted by Crippen LogP contribution is 2.27. The summed E-state index contributed by atoms with van der Waals surface area (Å²) >= 11 is 11.9. The minimum absolute atomic E-state index is 0.176. The predicted octanol–water partition coefficient (Wildman–Crippen LogP) is 4.37. The number of aromatic nitrogens is 1. The molecule has 7 heteroatoms. The lowest BCUT2D eigenvalue weighted by atomic mass is 10.0. The molecule has 0 bridgehead atoms. The smallest absolute Gasteiger partial charge is 0.254 e. The van der Waals surface area contributed by atoms with Gasteiger partial charge in [-0.2, -0.15) is 0 Å². The maximum atomic E-state index is 12.9. The van der Waals surface area contributed by atoms with Crippen molar-refractivity contribution in [2.75, 3.05) is 11.9 Å². The van der Waals surface area contributed by atoms with E-state index in [1.807, 2.05) is 30.3 Å². The van der Waals surface area contributed by atoms with Gasteiger partial charge in [0.2, 0.25) is 5.91 Å². The van der Waals surface area contributed by atoms with E-state index in [1.54, 1.807) is 37.5 Å². The number of halogens is 2. The number of nitrogens with one attached hydrogen (secondary N) is 1. The number of carbonyl (C=O) groups is 2. The minimum atomic E-state index is -0.665. The first-order chi connectivity index (χ1) is 13.9. The molecule has 3 aromatic rings. The van der Waals surface area contributed by atoms with Crippen LogP contribution in [0, 0.1) is 0 Å². The fraction of sp³-hybridized carbons (Fsp3) is 0.136. The molecule has 0 fully saturated rings. The third-order valence-corrected chi connectivity index (χ3v) is 5.41. The SMILES string of the molecule is CN1C(=O)C(Cc2ccc(-c3ccc(Cl)nc3)cc2)NC(=O)c2cc(Cl)ccc21. The van der Waals surface area contributed by atoms with Gasteiger partial charge in [-0.05, 0) is 41.5 Å². The number of likely N-dealkylation sites (N-methyl/N-ethyl adjacent to an activating group) is 1. The third kappa shape index (κ3) is 3.97. The van der Waals surface area contributed by atoms with Crippen LogP contribution in [0.2, 0.25) is 10.2 Å². The molecule has 1 aliphatic rings. The second-order valence-electron chi connectivity index (χ2n) is 6.86. The summed E-state index contributed by atoms with van der Waals surface area (Å²) in [5.74, 6) is -0.487. The molecule has 0 saturated heterocycles. The minimum Gasteiger partial charge on any atom is -0.340 e. The molecule has 0 radical (unpaired) electrons. The molecule has 1 aromatic heterocycles. The Balaban J connectivity index is 1.56. The van der Waals surface area contributed by atoms with Crippen molar-refractivity contribution >= 4 is 40.7 Å². The summed E-state index contributed by atoms with van der Waals surface area (Å²) in [4.78, 5) is 31.2. The summed E-state index contributed by atoms with van der Waals surface area (Å²) in [6, 6.07) is 15.7. The number of hydrogen-bond donors (Lipinski definition) is 1. The van der Waals surface area contributed by atoms with Crippen molar-refractivity contribution in [1.29, 1.82) is 0 Å². The second-order valence-corrected chi connectivity index (χ2v) is 7.68. The molecular formula is C22H17Cl2N3O2. The third-order valence-electron chi connectivity index (χ3n) is 4.95. The van der Waals surface area contributed by atoms with Gasteiger partial charge in [0.25, 0.3) is 5.91 Å². The molecular weight excluding hydrogens is 409 g/mol. The first-order valence-corrected chi connectivity index (χ1v) is 9.77. The molecule has 0 aliphatic carbocycles. The normalized spacial score (nSPS) is 16.2. The topological polar surface area (TPSA) is 62.3 Å². The van der Waals surface area contributed by atoms with Crippen molar-refractivity contribution in [2.45, 2.75) is 12.5 Å². The average molecular weight is 426 g/mol. The number of benzene rings is 2. The summed E-state index contributed by atoms with van der Waals surface area (Å²) in [5, 5.41) is 3.72. The van der Waals surface area contributed by atoms with Gasteiger partial charge in [0, 0.05) is 30.3 Å². The summed E-state index contributed by atoms with van der Waals surface area (Å²) in [5.41, 5.74) is 3.82. The highest BCUT2D eigenvalue weighted by atomic mass is 35.5. The molecule has 29 heavy (non-hydrogen) atoms. The van der Waals surface area contributed by atoms with Gasteiger partial charge in [-0.3, -0.25) is 9.59 Å². The summed E-state index contributed by atoms with van der Waals surface area (Å²) in [6.45, 7) is 0. The standard InChI is InChI=1S/C22H17Cl2N3O2/c1-27-19-8-7-16(23)11-17(19)21(28)26-18(22(27)29)10-13-2-4-14(5-3-13)15-6-9-20(24)25-12-15/h2-9,11-12,18H,10H2,1H3,(H,26,28). The summed E-state index contributed by atoms with van der Waals surface area (Å²) in [7, 11) is 1.67. The maximum absolute atomic E-state index is 12.9. The number of rotatable bonds is 3. The van der Waals surface area contributed by atoms with Crippen LogP contribution in [0.25, 0.3) is 11.1 Å². The van der Waals surface area contributed by atoms with Crippen molar-refractivity contribution in [2.24, 2.45) is 0 Å². The molecule has 5 nitrogen and oxygen atoms in total. The van der Waals surface area contributed by atoms with Gasteiger partial charge in [0.1, 0.15) is 11.2 Å². The monoisotopic (exact) mass is 425 g/mol. The molecule has 2 heterocycles. The Labute approximate surface area is 178 Å². The largest absolute Gasteiger partial charge is 0.340 e. The molecule has 0 spiro atoms. The number of fused-ring (bicyclic) bond motifs is 1. The molecule has 146 valence electrons. The lowest BCUT2D eigenvalue weighted by Crippen LogP contribution is -2.45. The molecule has 4 rings (SSSR count). The maximum Gasteiger partial charge on any atom is 0.254 e. The van der Waals surface area contributed by atoms with E-state index in [0.29, 0.717) is 27.8 Å². The van der Waals surface area contributed by atoms with Gasteiger partial charge in [-0.15, -0.1) is 0 Å². The van der Waals surface area contributed by atoms with Gasteiger partial charge < -0.3 is 10.2 Å². The second kappa shape index (κ2) is 7.85. The molecule has 2 aromatic carbocycles. The van der Waals surface area contributed by atoms with E-state index in [9.17, 15) is 9.59 Å². The molecule has 1 N–H and O–H groups in total. The first-order valence-electron chi connectivity index (χ1n) is 9.01.